The van der Waals surface area contributed by atoms with Crippen molar-refractivity contribution < 1.29 is 0 Å². The van der Waals surface area contributed by atoms with Crippen LogP contribution >= 0.6 is 0 Å². The highest BCUT2D eigenvalue weighted by atomic mass is 14.9. The van der Waals surface area contributed by atoms with E-state index in [9.17, 15) is 0 Å². The maximum atomic E-state index is 2.28. The lowest BCUT2D eigenvalue weighted by molar-refractivity contribution is 1.28. The van der Waals surface area contributed by atoms with Crippen molar-refractivity contribution in [2.24, 2.45) is 0 Å². The fourth-order valence-electron chi connectivity index (χ4n) is 2.57. The number of benzene rings is 2. The van der Waals surface area contributed by atoms with Crippen LogP contribution < -0.4 is 0 Å². The SMILES string of the molecule is c1ccc2c(c1)cn1c3ccccc3ccc21. The third kappa shape index (κ3) is 1.14. The Balaban J connectivity index is 2.34. The molecule has 0 bridgehead atoms. The second-order valence-corrected chi connectivity index (χ2v) is 4.36. The molecule has 0 saturated heterocycles. The fourth-order valence-corrected chi connectivity index (χ4v) is 2.57. The molecule has 0 aliphatic heterocycles. The van der Waals surface area contributed by atoms with Crippen LogP contribution in [0.25, 0.3) is 27.2 Å². The van der Waals surface area contributed by atoms with Crippen LogP contribution in [-0.4, -0.2) is 4.40 Å². The molecule has 4 rings (SSSR count). The van der Waals surface area contributed by atoms with Gasteiger partial charge in [-0.1, -0.05) is 48.5 Å². The van der Waals surface area contributed by atoms with Crippen LogP contribution in [0.5, 0.6) is 0 Å². The molecule has 1 heteroatoms. The lowest BCUT2D eigenvalue weighted by Crippen LogP contribution is -1.84. The van der Waals surface area contributed by atoms with Gasteiger partial charge < -0.3 is 4.40 Å². The van der Waals surface area contributed by atoms with Crippen molar-refractivity contribution >= 4 is 27.2 Å². The lowest BCUT2D eigenvalue weighted by atomic mass is 10.2. The predicted molar refractivity (Wildman–Crippen MR) is 72.4 cm³/mol. The Labute approximate surface area is 98.9 Å². The molecule has 0 atom stereocenters. The number of hydrogen-bond acceptors (Lipinski definition) is 0. The van der Waals surface area contributed by atoms with Crippen LogP contribution in [0.2, 0.25) is 0 Å². The molecule has 0 N–H and O–H groups in total. The summed E-state index contributed by atoms with van der Waals surface area (Å²) in [4.78, 5) is 0. The first-order valence-electron chi connectivity index (χ1n) is 5.81. The van der Waals surface area contributed by atoms with Gasteiger partial charge in [-0.15, -0.1) is 0 Å². The maximum absolute atomic E-state index is 2.28. The van der Waals surface area contributed by atoms with Gasteiger partial charge in [-0.25, -0.2) is 0 Å². The molecule has 0 amide bonds. The Bertz CT molecular complexity index is 840. The normalized spacial score (nSPS) is 11.5. The molecule has 0 aliphatic carbocycles. The van der Waals surface area contributed by atoms with Gasteiger partial charge in [-0.05, 0) is 17.5 Å². The zero-order chi connectivity index (χ0) is 11.2. The molecule has 0 fully saturated rings. The van der Waals surface area contributed by atoms with Crippen molar-refractivity contribution in [3.8, 4) is 0 Å². The zero-order valence-corrected chi connectivity index (χ0v) is 9.30. The number of para-hydroxylation sites is 1. The Kier molecular flexibility index (Phi) is 1.61. The number of pyridine rings is 1. The first-order valence-corrected chi connectivity index (χ1v) is 5.81. The second kappa shape index (κ2) is 3.11. The van der Waals surface area contributed by atoms with Crippen LogP contribution in [0.4, 0.5) is 0 Å². The summed E-state index contributed by atoms with van der Waals surface area (Å²) >= 11 is 0. The van der Waals surface area contributed by atoms with Crippen molar-refractivity contribution in [2.45, 2.75) is 0 Å². The quantitative estimate of drug-likeness (QED) is 0.415. The third-order valence-corrected chi connectivity index (χ3v) is 3.38. The monoisotopic (exact) mass is 217 g/mol. The molecule has 0 aliphatic rings. The van der Waals surface area contributed by atoms with Crippen molar-refractivity contribution in [1.29, 1.82) is 0 Å². The first-order chi connectivity index (χ1) is 8.43. The van der Waals surface area contributed by atoms with E-state index in [0.29, 0.717) is 0 Å². The fraction of sp³-hybridized carbons (Fsp3) is 0. The van der Waals surface area contributed by atoms with E-state index in [2.05, 4.69) is 71.3 Å². The summed E-state index contributed by atoms with van der Waals surface area (Å²) in [6.45, 7) is 0. The highest BCUT2D eigenvalue weighted by Gasteiger charge is 2.04. The third-order valence-electron chi connectivity index (χ3n) is 3.38. The van der Waals surface area contributed by atoms with Crippen molar-refractivity contribution in [3.63, 3.8) is 0 Å². The van der Waals surface area contributed by atoms with E-state index < -0.39 is 0 Å². The topological polar surface area (TPSA) is 4.41 Å². The Hall–Kier alpha value is -2.28. The van der Waals surface area contributed by atoms with Gasteiger partial charge >= 0.3 is 0 Å². The minimum Gasteiger partial charge on any atom is -0.315 e. The van der Waals surface area contributed by atoms with Crippen LogP contribution in [-0.2, 0) is 0 Å². The Morgan fingerprint density at radius 1 is 0.588 bits per heavy atom. The van der Waals surface area contributed by atoms with Gasteiger partial charge in [0.25, 0.3) is 0 Å². The molecule has 1 nitrogen and oxygen atoms in total. The van der Waals surface area contributed by atoms with Crippen LogP contribution in [0.1, 0.15) is 0 Å². The summed E-state index contributed by atoms with van der Waals surface area (Å²) in [7, 11) is 0. The molecule has 2 aromatic heterocycles. The molecule has 4 aromatic rings. The standard InChI is InChI=1S/C16H11N/c1-3-7-14-13(6-1)11-17-15-8-4-2-5-12(15)9-10-16(14)17/h1-11H. The van der Waals surface area contributed by atoms with E-state index in [-0.39, 0.29) is 0 Å². The van der Waals surface area contributed by atoms with Crippen LogP contribution in [0.15, 0.2) is 66.9 Å². The van der Waals surface area contributed by atoms with Gasteiger partial charge in [-0.3, -0.25) is 0 Å². The maximum Gasteiger partial charge on any atom is 0.0535 e. The largest absolute Gasteiger partial charge is 0.315 e. The van der Waals surface area contributed by atoms with Gasteiger partial charge in [0.1, 0.15) is 0 Å². The second-order valence-electron chi connectivity index (χ2n) is 4.36. The molecule has 0 radical (unpaired) electrons. The summed E-state index contributed by atoms with van der Waals surface area (Å²) in [5.41, 5.74) is 2.54. The van der Waals surface area contributed by atoms with Gasteiger partial charge in [0.15, 0.2) is 0 Å². The summed E-state index contributed by atoms with van der Waals surface area (Å²) in [5, 5.41) is 3.89. The van der Waals surface area contributed by atoms with Gasteiger partial charge in [0.05, 0.1) is 11.0 Å². The highest BCUT2D eigenvalue weighted by molar-refractivity contribution is 6.00. The van der Waals surface area contributed by atoms with E-state index in [1.165, 1.54) is 27.2 Å². The molecule has 17 heavy (non-hydrogen) atoms. The first kappa shape index (κ1) is 8.82. The minimum atomic E-state index is 1.27. The van der Waals surface area contributed by atoms with Gasteiger partial charge in [0.2, 0.25) is 0 Å². The summed E-state index contributed by atoms with van der Waals surface area (Å²) in [6, 6.07) is 21.4. The van der Waals surface area contributed by atoms with Crippen LogP contribution in [0.3, 0.4) is 0 Å². The summed E-state index contributed by atoms with van der Waals surface area (Å²) in [6.07, 6.45) is 2.22. The van der Waals surface area contributed by atoms with Crippen molar-refractivity contribution in [2.75, 3.05) is 0 Å². The van der Waals surface area contributed by atoms with E-state index >= 15 is 0 Å². The van der Waals surface area contributed by atoms with E-state index in [0.717, 1.165) is 0 Å². The molecule has 0 spiro atoms. The van der Waals surface area contributed by atoms with E-state index in [1.54, 1.807) is 0 Å². The predicted octanol–water partition coefficient (Wildman–Crippen LogP) is 4.25. The van der Waals surface area contributed by atoms with Gasteiger partial charge in [0, 0.05) is 17.0 Å². The summed E-state index contributed by atoms with van der Waals surface area (Å²) < 4.78 is 2.28. The zero-order valence-electron chi connectivity index (χ0n) is 9.30. The summed E-state index contributed by atoms with van der Waals surface area (Å²) in [5.74, 6) is 0. The van der Waals surface area contributed by atoms with Crippen molar-refractivity contribution in [1.82, 2.24) is 4.40 Å². The number of fused-ring (bicyclic) bond motifs is 5. The highest BCUT2D eigenvalue weighted by Crippen LogP contribution is 2.25. The molecular formula is C16H11N. The number of hydrogen-bond donors (Lipinski definition) is 0. The van der Waals surface area contributed by atoms with Crippen LogP contribution in [0, 0.1) is 0 Å². The van der Waals surface area contributed by atoms with Crippen molar-refractivity contribution in [3.05, 3.63) is 66.9 Å². The lowest BCUT2D eigenvalue weighted by Gasteiger charge is -2.01. The number of aromatic nitrogens is 1. The molecule has 80 valence electrons. The molecule has 0 saturated carbocycles. The number of rotatable bonds is 0. The molecule has 2 heterocycles. The molecule has 0 unspecified atom stereocenters. The van der Waals surface area contributed by atoms with E-state index in [1.807, 2.05) is 0 Å². The molecule has 2 aromatic carbocycles. The Morgan fingerprint density at radius 2 is 1.35 bits per heavy atom. The minimum absolute atomic E-state index is 1.27. The number of nitrogens with zero attached hydrogens (tertiary/aromatic N) is 1. The van der Waals surface area contributed by atoms with Gasteiger partial charge in [-0.2, -0.15) is 0 Å². The average Bonchev–Trinajstić information content (AvgIpc) is 2.78. The van der Waals surface area contributed by atoms with E-state index in [4.69, 9.17) is 0 Å². The Morgan fingerprint density at radius 3 is 2.29 bits per heavy atom. The average molecular weight is 217 g/mol. The smallest absolute Gasteiger partial charge is 0.0535 e. The molecular weight excluding hydrogens is 206 g/mol.